The standard InChI is InChI=1S/C9H14O6/c1-3-14-9(13)6(2)15-8(12)5-4-7(10)11/h6H,3-5H2,1-2H3,(H,10,11). The molecule has 6 nitrogen and oxygen atoms in total. The van der Waals surface area contributed by atoms with Crippen molar-refractivity contribution < 1.29 is 29.0 Å². The zero-order valence-corrected chi connectivity index (χ0v) is 8.69. The minimum absolute atomic E-state index is 0.204. The van der Waals surface area contributed by atoms with Gasteiger partial charge in [0, 0.05) is 0 Å². The molecule has 0 aliphatic heterocycles. The van der Waals surface area contributed by atoms with E-state index in [0.717, 1.165) is 0 Å². The number of carbonyl (C=O) groups excluding carboxylic acids is 2. The summed E-state index contributed by atoms with van der Waals surface area (Å²) in [5.41, 5.74) is 0. The SMILES string of the molecule is CCOC(=O)C(C)OC(=O)CCC(=O)O. The monoisotopic (exact) mass is 218 g/mol. The summed E-state index contributed by atoms with van der Waals surface area (Å²) in [5, 5.41) is 8.29. The molecular formula is C9H14O6. The topological polar surface area (TPSA) is 89.9 Å². The maximum atomic E-state index is 11.0. The van der Waals surface area contributed by atoms with Crippen LogP contribution in [-0.4, -0.2) is 35.7 Å². The second kappa shape index (κ2) is 6.80. The van der Waals surface area contributed by atoms with Crippen LogP contribution in [-0.2, 0) is 23.9 Å². The Kier molecular flexibility index (Phi) is 6.08. The summed E-state index contributed by atoms with van der Waals surface area (Å²) in [6.07, 6.45) is -1.56. The summed E-state index contributed by atoms with van der Waals surface area (Å²) in [5.74, 6) is -2.45. The van der Waals surface area contributed by atoms with E-state index in [4.69, 9.17) is 5.11 Å². The molecule has 15 heavy (non-hydrogen) atoms. The third kappa shape index (κ3) is 6.48. The van der Waals surface area contributed by atoms with Crippen LogP contribution >= 0.6 is 0 Å². The van der Waals surface area contributed by atoms with Crippen LogP contribution in [0.4, 0.5) is 0 Å². The molecule has 0 aromatic rings. The molecule has 6 heteroatoms. The maximum Gasteiger partial charge on any atom is 0.347 e. The Morgan fingerprint density at radius 1 is 1.27 bits per heavy atom. The van der Waals surface area contributed by atoms with Gasteiger partial charge in [0.05, 0.1) is 19.4 Å². The summed E-state index contributed by atoms with van der Waals surface area (Å²) >= 11 is 0. The Bertz CT molecular complexity index is 247. The van der Waals surface area contributed by atoms with E-state index < -0.39 is 24.0 Å². The van der Waals surface area contributed by atoms with Crippen LogP contribution in [0.5, 0.6) is 0 Å². The lowest BCUT2D eigenvalue weighted by molar-refractivity contribution is -0.166. The average Bonchev–Trinajstić information content (AvgIpc) is 2.15. The normalized spacial score (nSPS) is 11.6. The van der Waals surface area contributed by atoms with E-state index in [1.165, 1.54) is 6.92 Å². The minimum Gasteiger partial charge on any atom is -0.481 e. The molecule has 0 aromatic carbocycles. The quantitative estimate of drug-likeness (QED) is 0.647. The predicted molar refractivity (Wildman–Crippen MR) is 49.1 cm³/mol. The highest BCUT2D eigenvalue weighted by atomic mass is 16.6. The third-order valence-electron chi connectivity index (χ3n) is 1.47. The number of aliphatic carboxylic acids is 1. The third-order valence-corrected chi connectivity index (χ3v) is 1.47. The molecule has 0 aliphatic rings. The van der Waals surface area contributed by atoms with Crippen molar-refractivity contribution in [1.29, 1.82) is 0 Å². The van der Waals surface area contributed by atoms with E-state index in [1.807, 2.05) is 0 Å². The fourth-order valence-corrected chi connectivity index (χ4v) is 0.773. The summed E-state index contributed by atoms with van der Waals surface area (Å²) in [7, 11) is 0. The summed E-state index contributed by atoms with van der Waals surface area (Å²) in [6.45, 7) is 3.21. The highest BCUT2D eigenvalue weighted by Crippen LogP contribution is 2.00. The maximum absolute atomic E-state index is 11.0. The fourth-order valence-electron chi connectivity index (χ4n) is 0.773. The van der Waals surface area contributed by atoms with E-state index >= 15 is 0 Å². The smallest absolute Gasteiger partial charge is 0.347 e. The van der Waals surface area contributed by atoms with Crippen molar-refractivity contribution >= 4 is 17.9 Å². The number of carbonyl (C=O) groups is 3. The second-order valence-electron chi connectivity index (χ2n) is 2.78. The minimum atomic E-state index is -1.09. The number of esters is 2. The van der Waals surface area contributed by atoms with Gasteiger partial charge < -0.3 is 14.6 Å². The van der Waals surface area contributed by atoms with E-state index in [9.17, 15) is 14.4 Å². The molecule has 0 bridgehead atoms. The average molecular weight is 218 g/mol. The van der Waals surface area contributed by atoms with Gasteiger partial charge in [-0.3, -0.25) is 9.59 Å². The van der Waals surface area contributed by atoms with Gasteiger partial charge in [-0.2, -0.15) is 0 Å². The molecule has 0 amide bonds. The summed E-state index contributed by atoms with van der Waals surface area (Å²) < 4.78 is 9.24. The van der Waals surface area contributed by atoms with Gasteiger partial charge in [0.25, 0.3) is 0 Å². The van der Waals surface area contributed by atoms with Gasteiger partial charge >= 0.3 is 17.9 Å². The van der Waals surface area contributed by atoms with Crippen molar-refractivity contribution in [3.63, 3.8) is 0 Å². The molecule has 0 heterocycles. The number of hydrogen-bond acceptors (Lipinski definition) is 5. The first-order valence-corrected chi connectivity index (χ1v) is 4.55. The fraction of sp³-hybridized carbons (Fsp3) is 0.667. The van der Waals surface area contributed by atoms with Crippen LogP contribution in [0.25, 0.3) is 0 Å². The van der Waals surface area contributed by atoms with Gasteiger partial charge in [0.2, 0.25) is 0 Å². The van der Waals surface area contributed by atoms with Crippen LogP contribution in [0.2, 0.25) is 0 Å². The lowest BCUT2D eigenvalue weighted by Crippen LogP contribution is -2.26. The van der Waals surface area contributed by atoms with Crippen LogP contribution in [0.1, 0.15) is 26.7 Å². The first kappa shape index (κ1) is 13.4. The van der Waals surface area contributed by atoms with Crippen molar-refractivity contribution in [2.75, 3.05) is 6.61 Å². The highest BCUT2D eigenvalue weighted by molar-refractivity contribution is 5.80. The van der Waals surface area contributed by atoms with Crippen molar-refractivity contribution in [3.8, 4) is 0 Å². The largest absolute Gasteiger partial charge is 0.481 e. The van der Waals surface area contributed by atoms with Crippen LogP contribution in [0.3, 0.4) is 0 Å². The van der Waals surface area contributed by atoms with Crippen molar-refractivity contribution in [2.45, 2.75) is 32.8 Å². The molecule has 0 saturated carbocycles. The zero-order valence-electron chi connectivity index (χ0n) is 8.69. The first-order valence-electron chi connectivity index (χ1n) is 4.55. The molecule has 0 radical (unpaired) electrons. The molecule has 0 aliphatic carbocycles. The van der Waals surface area contributed by atoms with Gasteiger partial charge in [0.15, 0.2) is 6.10 Å². The van der Waals surface area contributed by atoms with Gasteiger partial charge in [-0.1, -0.05) is 0 Å². The summed E-state index contributed by atoms with van der Waals surface area (Å²) in [6, 6.07) is 0. The van der Waals surface area contributed by atoms with Gasteiger partial charge in [-0.05, 0) is 13.8 Å². The Morgan fingerprint density at radius 2 is 1.87 bits per heavy atom. The molecule has 1 atom stereocenters. The first-order chi connectivity index (χ1) is 6.97. The highest BCUT2D eigenvalue weighted by Gasteiger charge is 2.18. The molecule has 0 rings (SSSR count). The van der Waals surface area contributed by atoms with Gasteiger partial charge in [-0.25, -0.2) is 4.79 Å². The van der Waals surface area contributed by atoms with Gasteiger partial charge in [-0.15, -0.1) is 0 Å². The van der Waals surface area contributed by atoms with Crippen LogP contribution < -0.4 is 0 Å². The Balaban J connectivity index is 3.85. The zero-order chi connectivity index (χ0) is 11.8. The lowest BCUT2D eigenvalue weighted by Gasteiger charge is -2.11. The van der Waals surface area contributed by atoms with E-state index in [2.05, 4.69) is 9.47 Å². The van der Waals surface area contributed by atoms with Crippen molar-refractivity contribution in [1.82, 2.24) is 0 Å². The number of carboxylic acids is 1. The molecule has 0 fully saturated rings. The number of carboxylic acid groups (broad SMARTS) is 1. The number of rotatable bonds is 6. The van der Waals surface area contributed by atoms with Crippen LogP contribution in [0, 0.1) is 0 Å². The second-order valence-corrected chi connectivity index (χ2v) is 2.78. The van der Waals surface area contributed by atoms with E-state index in [0.29, 0.717) is 0 Å². The van der Waals surface area contributed by atoms with Gasteiger partial charge in [0.1, 0.15) is 0 Å². The molecular weight excluding hydrogens is 204 g/mol. The number of ether oxygens (including phenoxy) is 2. The van der Waals surface area contributed by atoms with Crippen molar-refractivity contribution in [3.05, 3.63) is 0 Å². The molecule has 0 saturated heterocycles. The van der Waals surface area contributed by atoms with Crippen LogP contribution in [0.15, 0.2) is 0 Å². The Hall–Kier alpha value is -1.59. The predicted octanol–water partition coefficient (Wildman–Crippen LogP) is 0.346. The Labute approximate surface area is 87.2 Å². The van der Waals surface area contributed by atoms with E-state index in [1.54, 1.807) is 6.92 Å². The molecule has 0 spiro atoms. The molecule has 0 aromatic heterocycles. The molecule has 1 unspecified atom stereocenters. The lowest BCUT2D eigenvalue weighted by atomic mass is 10.3. The van der Waals surface area contributed by atoms with Crippen molar-refractivity contribution in [2.24, 2.45) is 0 Å². The van der Waals surface area contributed by atoms with E-state index in [-0.39, 0.29) is 19.4 Å². The molecule has 1 N–H and O–H groups in total. The summed E-state index contributed by atoms with van der Waals surface area (Å²) in [4.78, 5) is 32.1. The Morgan fingerprint density at radius 3 is 2.33 bits per heavy atom. The molecule has 86 valence electrons. The number of hydrogen-bond donors (Lipinski definition) is 1.